The Labute approximate surface area is 230 Å². The predicted molar refractivity (Wildman–Crippen MR) is 146 cm³/mol. The van der Waals surface area contributed by atoms with Crippen LogP contribution in [-0.4, -0.2) is 38.5 Å². The highest BCUT2D eigenvalue weighted by molar-refractivity contribution is 7.59. The number of carbonyl (C=O) groups excluding carboxylic acids is 2. The summed E-state index contributed by atoms with van der Waals surface area (Å²) in [5, 5.41) is 7.11. The van der Waals surface area contributed by atoms with Crippen molar-refractivity contribution in [3.8, 4) is 0 Å². The molecule has 0 saturated heterocycles. The van der Waals surface area contributed by atoms with Crippen molar-refractivity contribution in [3.05, 3.63) is 69.6 Å². The predicted octanol–water partition coefficient (Wildman–Crippen LogP) is 6.23. The number of benzene rings is 1. The lowest BCUT2D eigenvalue weighted by Crippen LogP contribution is -2.43. The average Bonchev–Trinajstić information content (AvgIpc) is 3.20. The van der Waals surface area contributed by atoms with E-state index in [0.717, 1.165) is 17.7 Å². The summed E-state index contributed by atoms with van der Waals surface area (Å²) in [6, 6.07) is 4.69. The minimum atomic E-state index is -4.60. The van der Waals surface area contributed by atoms with Gasteiger partial charge in [0.25, 0.3) is 5.91 Å². The van der Waals surface area contributed by atoms with E-state index >= 15 is 0 Å². The molecule has 1 aliphatic heterocycles. The molecule has 0 fully saturated rings. The molecule has 7 nitrogen and oxygen atoms in total. The summed E-state index contributed by atoms with van der Waals surface area (Å²) in [5.41, 5.74) is 0.937. The average molecular weight is 568 g/mol. The standard InChI is InChI=1S/C26H27ClF3N5O2.H2S/c1-14-8-16(11-31-23(14)33-25(3,4)5)21(36)9-17-12-32-35-15(2)13-34(24(37)22(17)35)18-6-7-19(20(27)10-18)26(28,29)30;/h6-8,10-12,15H,9,13H2,1-5H3,(H,31,33);1H2/t15-;/m0./s1. The van der Waals surface area contributed by atoms with E-state index in [2.05, 4.69) is 15.4 Å². The number of rotatable bonds is 5. The highest BCUT2D eigenvalue weighted by Gasteiger charge is 2.36. The molecule has 1 N–H and O–H groups in total. The molecule has 4 rings (SSSR count). The first-order chi connectivity index (χ1) is 17.2. The number of halogens is 4. The van der Waals surface area contributed by atoms with Crippen LogP contribution in [0, 0.1) is 6.92 Å². The number of Topliss-reactive ketones (excluding diaryl/α,β-unsaturated/α-hetero) is 1. The van der Waals surface area contributed by atoms with Gasteiger partial charge in [-0.15, -0.1) is 0 Å². The first kappa shape index (κ1) is 29.5. The molecule has 1 aliphatic rings. The minimum Gasteiger partial charge on any atom is -0.365 e. The molecule has 3 aromatic rings. The topological polar surface area (TPSA) is 80.1 Å². The highest BCUT2D eigenvalue weighted by Crippen LogP contribution is 2.38. The largest absolute Gasteiger partial charge is 0.417 e. The van der Waals surface area contributed by atoms with E-state index < -0.39 is 22.7 Å². The number of hydrogen-bond donors (Lipinski definition) is 1. The van der Waals surface area contributed by atoms with Crippen molar-refractivity contribution in [2.45, 2.75) is 58.8 Å². The molecule has 0 bridgehead atoms. The lowest BCUT2D eigenvalue weighted by molar-refractivity contribution is -0.137. The summed E-state index contributed by atoms with van der Waals surface area (Å²) in [6.07, 6.45) is -1.70. The summed E-state index contributed by atoms with van der Waals surface area (Å²) in [6.45, 7) is 9.91. The number of fused-ring (bicyclic) bond motifs is 1. The maximum atomic E-state index is 13.5. The Morgan fingerprint density at radius 2 is 1.87 bits per heavy atom. The summed E-state index contributed by atoms with van der Waals surface area (Å²) in [4.78, 5) is 32.3. The molecule has 0 aliphatic carbocycles. The van der Waals surface area contributed by atoms with Crippen molar-refractivity contribution in [2.75, 3.05) is 16.8 Å². The Balaban J connectivity index is 0.00000400. The van der Waals surface area contributed by atoms with Crippen LogP contribution in [0.2, 0.25) is 5.02 Å². The van der Waals surface area contributed by atoms with Gasteiger partial charge in [-0.05, 0) is 64.4 Å². The van der Waals surface area contributed by atoms with Gasteiger partial charge in [0.15, 0.2) is 5.78 Å². The van der Waals surface area contributed by atoms with Crippen molar-refractivity contribution in [1.82, 2.24) is 14.8 Å². The van der Waals surface area contributed by atoms with Gasteiger partial charge in [-0.3, -0.25) is 14.3 Å². The maximum Gasteiger partial charge on any atom is 0.417 e. The van der Waals surface area contributed by atoms with Crippen molar-refractivity contribution in [1.29, 1.82) is 0 Å². The fourth-order valence-electron chi connectivity index (χ4n) is 4.26. The number of alkyl halides is 3. The minimum absolute atomic E-state index is 0. The summed E-state index contributed by atoms with van der Waals surface area (Å²) < 4.78 is 41.0. The van der Waals surface area contributed by atoms with Crippen LogP contribution < -0.4 is 10.2 Å². The number of anilines is 2. The van der Waals surface area contributed by atoms with E-state index in [4.69, 9.17) is 11.6 Å². The number of ketones is 1. The smallest absolute Gasteiger partial charge is 0.365 e. The number of pyridine rings is 1. The van der Waals surface area contributed by atoms with E-state index in [1.54, 1.807) is 10.7 Å². The summed E-state index contributed by atoms with van der Waals surface area (Å²) >= 11 is 5.89. The van der Waals surface area contributed by atoms with Gasteiger partial charge in [0.2, 0.25) is 0 Å². The number of nitrogens with one attached hydrogen (secondary N) is 1. The number of aryl methyl sites for hydroxylation is 1. The van der Waals surface area contributed by atoms with Gasteiger partial charge in [-0.1, -0.05) is 11.6 Å². The summed E-state index contributed by atoms with van der Waals surface area (Å²) in [7, 11) is 0. The molecule has 0 radical (unpaired) electrons. The molecule has 1 atom stereocenters. The molecule has 1 aromatic carbocycles. The Bertz CT molecular complexity index is 1380. The third kappa shape index (κ3) is 5.99. The van der Waals surface area contributed by atoms with Crippen molar-refractivity contribution in [3.63, 3.8) is 0 Å². The zero-order valence-electron chi connectivity index (χ0n) is 21.6. The van der Waals surface area contributed by atoms with Gasteiger partial charge in [0.1, 0.15) is 11.5 Å². The number of aromatic nitrogens is 3. The van der Waals surface area contributed by atoms with Gasteiger partial charge in [-0.25, -0.2) is 4.98 Å². The normalized spacial score (nSPS) is 15.7. The molecule has 12 heteroatoms. The maximum absolute atomic E-state index is 13.5. The Hall–Kier alpha value is -3.05. The Kier molecular flexibility index (Phi) is 8.24. The van der Waals surface area contributed by atoms with Crippen LogP contribution in [0.3, 0.4) is 0 Å². The third-order valence-corrected chi connectivity index (χ3v) is 6.31. The van der Waals surface area contributed by atoms with E-state index in [1.165, 1.54) is 23.4 Å². The fourth-order valence-corrected chi connectivity index (χ4v) is 4.54. The van der Waals surface area contributed by atoms with Crippen LogP contribution >= 0.6 is 25.1 Å². The molecule has 3 heterocycles. The molecule has 2 aromatic heterocycles. The first-order valence-corrected chi connectivity index (χ1v) is 12.1. The number of nitrogens with zero attached hydrogens (tertiary/aromatic N) is 4. The molecular weight excluding hydrogens is 539 g/mol. The van der Waals surface area contributed by atoms with E-state index in [1.807, 2.05) is 34.6 Å². The van der Waals surface area contributed by atoms with Crippen molar-refractivity contribution in [2.24, 2.45) is 0 Å². The molecule has 38 heavy (non-hydrogen) atoms. The fraction of sp³-hybridized carbons (Fsp3) is 0.385. The van der Waals surface area contributed by atoms with E-state index in [0.29, 0.717) is 16.9 Å². The van der Waals surface area contributed by atoms with Crippen molar-refractivity contribution < 1.29 is 22.8 Å². The van der Waals surface area contributed by atoms with Crippen LogP contribution in [0.1, 0.15) is 71.3 Å². The van der Waals surface area contributed by atoms with Crippen LogP contribution in [0.25, 0.3) is 0 Å². The van der Waals surface area contributed by atoms with E-state index in [9.17, 15) is 22.8 Å². The molecule has 1 amide bonds. The quantitative estimate of drug-likeness (QED) is 0.370. The van der Waals surface area contributed by atoms with Crippen LogP contribution in [0.5, 0.6) is 0 Å². The highest BCUT2D eigenvalue weighted by atomic mass is 35.5. The second-order valence-electron chi connectivity index (χ2n) is 10.3. The van der Waals surface area contributed by atoms with Gasteiger partial charge in [0.05, 0.1) is 22.8 Å². The summed E-state index contributed by atoms with van der Waals surface area (Å²) in [5.74, 6) is -0.0149. The van der Waals surface area contributed by atoms with Crippen LogP contribution in [0.15, 0.2) is 36.7 Å². The Morgan fingerprint density at radius 3 is 2.45 bits per heavy atom. The molecular formula is C26H29ClF3N5O2S. The zero-order valence-corrected chi connectivity index (χ0v) is 23.3. The lowest BCUT2D eigenvalue weighted by atomic mass is 10.0. The number of hydrogen-bond acceptors (Lipinski definition) is 5. The van der Waals surface area contributed by atoms with Gasteiger partial charge in [-0.2, -0.15) is 31.8 Å². The molecule has 204 valence electrons. The monoisotopic (exact) mass is 567 g/mol. The third-order valence-electron chi connectivity index (χ3n) is 6.00. The number of carbonyl (C=O) groups is 2. The Morgan fingerprint density at radius 1 is 1.18 bits per heavy atom. The van der Waals surface area contributed by atoms with E-state index in [-0.39, 0.29) is 55.2 Å². The van der Waals surface area contributed by atoms with Crippen LogP contribution in [-0.2, 0) is 12.6 Å². The SMILES string of the molecule is Cc1cc(C(=O)Cc2cnn3c2C(=O)N(c2ccc(C(F)(F)F)c(Cl)c2)C[C@@H]3C)cnc1NC(C)(C)C.S. The van der Waals surface area contributed by atoms with Gasteiger partial charge >= 0.3 is 6.18 Å². The van der Waals surface area contributed by atoms with Gasteiger partial charge < -0.3 is 10.2 Å². The number of amides is 1. The van der Waals surface area contributed by atoms with Crippen molar-refractivity contribution >= 4 is 48.3 Å². The molecule has 0 saturated carbocycles. The zero-order chi connectivity index (χ0) is 27.3. The van der Waals surface area contributed by atoms with Gasteiger partial charge in [0, 0.05) is 41.5 Å². The lowest BCUT2D eigenvalue weighted by Gasteiger charge is -2.32. The second kappa shape index (κ2) is 10.6. The van der Waals surface area contributed by atoms with Crippen LogP contribution in [0.4, 0.5) is 24.7 Å². The second-order valence-corrected chi connectivity index (χ2v) is 10.7. The first-order valence-electron chi connectivity index (χ1n) is 11.7. The molecule has 0 spiro atoms. The molecule has 0 unspecified atom stereocenters.